The van der Waals surface area contributed by atoms with Gasteiger partial charge in [-0.25, -0.2) is 4.79 Å². The average Bonchev–Trinajstić information content (AvgIpc) is 2.80. The minimum atomic E-state index is -0.688. The minimum absolute atomic E-state index is 0.170. The summed E-state index contributed by atoms with van der Waals surface area (Å²) in [6.07, 6.45) is -0.688. The van der Waals surface area contributed by atoms with Gasteiger partial charge in [0.15, 0.2) is 0 Å². The highest BCUT2D eigenvalue weighted by molar-refractivity contribution is 5.60. The van der Waals surface area contributed by atoms with Crippen LogP contribution in [0.25, 0.3) is 0 Å². The van der Waals surface area contributed by atoms with E-state index in [1.807, 2.05) is 88.4 Å². The number of carbonyl (C=O) groups is 1. The maximum absolute atomic E-state index is 12.4. The number of hydrogen-bond acceptors (Lipinski definition) is 5. The van der Waals surface area contributed by atoms with Gasteiger partial charge in [0.05, 0.1) is 24.0 Å². The third kappa shape index (κ3) is 6.85. The summed E-state index contributed by atoms with van der Waals surface area (Å²) >= 11 is 0. The number of ether oxygens (including phenoxy) is 4. The van der Waals surface area contributed by atoms with Crippen LogP contribution in [0, 0.1) is 0 Å². The van der Waals surface area contributed by atoms with Crippen molar-refractivity contribution in [1.29, 1.82) is 0 Å². The maximum Gasteiger partial charge on any atom is 0.508 e. The molecule has 0 aliphatic carbocycles. The van der Waals surface area contributed by atoms with Crippen LogP contribution in [0.4, 0.5) is 4.79 Å². The highest BCUT2D eigenvalue weighted by Crippen LogP contribution is 2.27. The Labute approximate surface area is 180 Å². The molecule has 2 unspecified atom stereocenters. The molecule has 2 aromatic carbocycles. The van der Waals surface area contributed by atoms with Crippen molar-refractivity contribution >= 4 is 6.16 Å². The van der Waals surface area contributed by atoms with Crippen LogP contribution in [0.3, 0.4) is 0 Å². The van der Waals surface area contributed by atoms with Crippen LogP contribution in [-0.2, 0) is 29.8 Å². The molecule has 0 fully saturated rings. The van der Waals surface area contributed by atoms with E-state index < -0.39 is 17.0 Å². The van der Waals surface area contributed by atoms with Gasteiger partial charge >= 0.3 is 6.16 Å². The van der Waals surface area contributed by atoms with Gasteiger partial charge < -0.3 is 18.9 Å². The Bertz CT molecular complexity index is 685. The fourth-order valence-electron chi connectivity index (χ4n) is 3.23. The van der Waals surface area contributed by atoms with Crippen molar-refractivity contribution in [3.63, 3.8) is 0 Å². The highest BCUT2D eigenvalue weighted by Gasteiger charge is 2.32. The van der Waals surface area contributed by atoms with Gasteiger partial charge in [-0.05, 0) is 38.8 Å². The first kappa shape index (κ1) is 23.9. The van der Waals surface area contributed by atoms with Crippen molar-refractivity contribution in [2.75, 3.05) is 39.6 Å². The van der Waals surface area contributed by atoms with Crippen molar-refractivity contribution in [2.45, 2.75) is 38.5 Å². The Morgan fingerprint density at radius 2 is 1.03 bits per heavy atom. The summed E-state index contributed by atoms with van der Waals surface area (Å²) in [5, 5.41) is 0. The summed E-state index contributed by atoms with van der Waals surface area (Å²) in [5.41, 5.74) is 1.20. The fraction of sp³-hybridized carbons (Fsp3) is 0.480. The lowest BCUT2D eigenvalue weighted by Gasteiger charge is -2.31. The van der Waals surface area contributed by atoms with E-state index in [0.717, 1.165) is 11.1 Å². The Morgan fingerprint density at radius 1 is 0.667 bits per heavy atom. The van der Waals surface area contributed by atoms with Gasteiger partial charge in [0.2, 0.25) is 0 Å². The summed E-state index contributed by atoms with van der Waals surface area (Å²) in [6.45, 7) is 10.4. The van der Waals surface area contributed by atoms with E-state index in [0.29, 0.717) is 26.4 Å². The molecule has 0 saturated carbocycles. The lowest BCUT2D eigenvalue weighted by atomic mass is 9.84. The smallest absolute Gasteiger partial charge is 0.433 e. The van der Waals surface area contributed by atoms with Crippen LogP contribution in [0.5, 0.6) is 0 Å². The third-order valence-electron chi connectivity index (χ3n) is 5.21. The van der Waals surface area contributed by atoms with Gasteiger partial charge in [-0.15, -0.1) is 0 Å². The molecule has 0 saturated heterocycles. The highest BCUT2D eigenvalue weighted by atomic mass is 16.7. The fourth-order valence-corrected chi connectivity index (χ4v) is 3.23. The van der Waals surface area contributed by atoms with E-state index in [4.69, 9.17) is 18.9 Å². The third-order valence-corrected chi connectivity index (χ3v) is 5.21. The van der Waals surface area contributed by atoms with Crippen molar-refractivity contribution in [3.8, 4) is 0 Å². The first-order valence-corrected chi connectivity index (χ1v) is 10.5. The zero-order valence-electron chi connectivity index (χ0n) is 18.6. The summed E-state index contributed by atoms with van der Waals surface area (Å²) < 4.78 is 22.3. The molecule has 0 spiro atoms. The zero-order chi connectivity index (χ0) is 21.9. The predicted molar refractivity (Wildman–Crippen MR) is 118 cm³/mol. The van der Waals surface area contributed by atoms with Crippen LogP contribution in [0.15, 0.2) is 60.7 Å². The number of benzene rings is 2. The molecule has 2 atom stereocenters. The summed E-state index contributed by atoms with van der Waals surface area (Å²) in [4.78, 5) is 12.4. The lowest BCUT2D eigenvalue weighted by Crippen LogP contribution is -2.37. The Kier molecular flexibility index (Phi) is 9.34. The van der Waals surface area contributed by atoms with E-state index in [1.54, 1.807) is 0 Å². The molecule has 2 aromatic rings. The lowest BCUT2D eigenvalue weighted by molar-refractivity contribution is -0.00184. The van der Waals surface area contributed by atoms with E-state index >= 15 is 0 Å². The van der Waals surface area contributed by atoms with Crippen LogP contribution in [-0.4, -0.2) is 45.8 Å². The molecule has 0 heterocycles. The van der Waals surface area contributed by atoms with Gasteiger partial charge in [0.25, 0.3) is 0 Å². The maximum atomic E-state index is 12.4. The van der Waals surface area contributed by atoms with E-state index in [1.165, 1.54) is 0 Å². The molecule has 0 aliphatic rings. The summed E-state index contributed by atoms with van der Waals surface area (Å²) in [5.74, 6) is 0. The summed E-state index contributed by atoms with van der Waals surface area (Å²) in [7, 11) is 0. The molecule has 0 N–H and O–H groups in total. The van der Waals surface area contributed by atoms with Crippen LogP contribution >= 0.6 is 0 Å². The topological polar surface area (TPSA) is 54.0 Å². The molecular formula is C25H34O5. The van der Waals surface area contributed by atoms with E-state index in [-0.39, 0.29) is 13.2 Å². The summed E-state index contributed by atoms with van der Waals surface area (Å²) in [6, 6.07) is 19.9. The Hall–Kier alpha value is -2.37. The first-order chi connectivity index (χ1) is 14.4. The molecule has 5 heteroatoms. The minimum Gasteiger partial charge on any atom is -0.433 e. The van der Waals surface area contributed by atoms with Crippen LogP contribution in [0.2, 0.25) is 0 Å². The standard InChI is InChI=1S/C25H34O5/c1-5-27-17-24(3,21-13-9-7-10-14-21)19-29-23(26)30-20-25(4,18-28-6-2)22-15-11-8-12-16-22/h7-16H,5-6,17-20H2,1-4H3. The SMILES string of the molecule is CCOCC(C)(COC(=O)OCC(C)(COCC)c1ccccc1)c1ccccc1. The number of carbonyl (C=O) groups excluding carboxylic acids is 1. The van der Waals surface area contributed by atoms with E-state index in [9.17, 15) is 4.79 Å². The number of hydrogen-bond donors (Lipinski definition) is 0. The average molecular weight is 415 g/mol. The largest absolute Gasteiger partial charge is 0.508 e. The molecule has 30 heavy (non-hydrogen) atoms. The zero-order valence-corrected chi connectivity index (χ0v) is 18.6. The molecule has 164 valence electrons. The molecule has 0 amide bonds. The molecule has 0 aromatic heterocycles. The van der Waals surface area contributed by atoms with Gasteiger partial charge in [-0.1, -0.05) is 60.7 Å². The van der Waals surface area contributed by atoms with Crippen molar-refractivity contribution in [2.24, 2.45) is 0 Å². The molecular weight excluding hydrogens is 380 g/mol. The second kappa shape index (κ2) is 11.7. The van der Waals surface area contributed by atoms with Crippen LogP contribution in [0.1, 0.15) is 38.8 Å². The Morgan fingerprint density at radius 3 is 1.37 bits per heavy atom. The normalized spacial score (nSPS) is 15.1. The molecule has 5 nitrogen and oxygen atoms in total. The van der Waals surface area contributed by atoms with Gasteiger partial charge in [0.1, 0.15) is 13.2 Å². The number of rotatable bonds is 12. The van der Waals surface area contributed by atoms with Gasteiger partial charge in [-0.2, -0.15) is 0 Å². The molecule has 0 bridgehead atoms. The quantitative estimate of drug-likeness (QED) is 0.451. The van der Waals surface area contributed by atoms with Crippen molar-refractivity contribution < 1.29 is 23.7 Å². The molecule has 0 radical (unpaired) electrons. The van der Waals surface area contributed by atoms with E-state index in [2.05, 4.69) is 0 Å². The van der Waals surface area contributed by atoms with Gasteiger partial charge in [-0.3, -0.25) is 0 Å². The van der Waals surface area contributed by atoms with Crippen molar-refractivity contribution in [1.82, 2.24) is 0 Å². The second-order valence-corrected chi connectivity index (χ2v) is 7.95. The predicted octanol–water partition coefficient (Wildman–Crippen LogP) is 5.13. The first-order valence-electron chi connectivity index (χ1n) is 10.5. The molecule has 2 rings (SSSR count). The monoisotopic (exact) mass is 414 g/mol. The molecule has 0 aliphatic heterocycles. The second-order valence-electron chi connectivity index (χ2n) is 7.95. The van der Waals surface area contributed by atoms with Crippen LogP contribution < -0.4 is 0 Å². The van der Waals surface area contributed by atoms with Gasteiger partial charge in [0, 0.05) is 13.2 Å². The Balaban J connectivity index is 2.00. The van der Waals surface area contributed by atoms with Crippen molar-refractivity contribution in [3.05, 3.63) is 71.8 Å².